The maximum Gasteiger partial charge on any atom is 0.185 e. The summed E-state index contributed by atoms with van der Waals surface area (Å²) in [6, 6.07) is 8.30. The molecular formula is C16H13ClF2O2S. The predicted octanol–water partition coefficient (Wildman–Crippen LogP) is 4.71. The van der Waals surface area contributed by atoms with Gasteiger partial charge in [0.05, 0.1) is 10.1 Å². The van der Waals surface area contributed by atoms with Crippen molar-refractivity contribution in [3.63, 3.8) is 0 Å². The fourth-order valence-electron chi connectivity index (χ4n) is 2.12. The Kier molecular flexibility index (Phi) is 4.98. The summed E-state index contributed by atoms with van der Waals surface area (Å²) in [4.78, 5) is -0.00703. The molecule has 0 N–H and O–H groups in total. The fraction of sp³-hybridized carbons (Fsp3) is 0.125. The van der Waals surface area contributed by atoms with Crippen molar-refractivity contribution in [1.82, 2.24) is 0 Å². The number of benzene rings is 2. The summed E-state index contributed by atoms with van der Waals surface area (Å²) in [6.07, 6.45) is 1.33. The molecule has 0 aliphatic heterocycles. The highest BCUT2D eigenvalue weighted by Crippen LogP contribution is 2.34. The zero-order chi connectivity index (χ0) is 16.3. The van der Waals surface area contributed by atoms with Crippen LogP contribution in [0.25, 0.3) is 0 Å². The van der Waals surface area contributed by atoms with Gasteiger partial charge in [-0.15, -0.1) is 6.58 Å². The number of allylic oxidation sites excluding steroid dienone is 1. The summed E-state index contributed by atoms with van der Waals surface area (Å²) in [5.41, 5.74) is -0.213. The van der Waals surface area contributed by atoms with Crippen LogP contribution in [-0.2, 0) is 9.84 Å². The SMILES string of the molecule is C=CCC(c1cc(F)ccc1F)S(=O)(=O)c1ccc(Cl)cc1. The third-order valence-electron chi connectivity index (χ3n) is 3.20. The Morgan fingerprint density at radius 1 is 1.14 bits per heavy atom. The number of hydrogen-bond donors (Lipinski definition) is 0. The van der Waals surface area contributed by atoms with E-state index in [1.807, 2.05) is 0 Å². The molecule has 1 unspecified atom stereocenters. The molecule has 0 aliphatic carbocycles. The minimum absolute atomic E-state index is 0.00703. The molecule has 22 heavy (non-hydrogen) atoms. The first-order valence-corrected chi connectivity index (χ1v) is 8.34. The lowest BCUT2D eigenvalue weighted by Crippen LogP contribution is -2.15. The third-order valence-corrected chi connectivity index (χ3v) is 5.58. The summed E-state index contributed by atoms with van der Waals surface area (Å²) in [6.45, 7) is 3.50. The van der Waals surface area contributed by atoms with Gasteiger partial charge in [-0.25, -0.2) is 17.2 Å². The van der Waals surface area contributed by atoms with Crippen LogP contribution in [0.1, 0.15) is 17.2 Å². The van der Waals surface area contributed by atoms with Gasteiger partial charge in [-0.2, -0.15) is 0 Å². The topological polar surface area (TPSA) is 34.1 Å². The van der Waals surface area contributed by atoms with Crippen LogP contribution in [0.4, 0.5) is 8.78 Å². The van der Waals surface area contributed by atoms with Crippen molar-refractivity contribution < 1.29 is 17.2 Å². The highest BCUT2D eigenvalue weighted by Gasteiger charge is 2.30. The molecule has 0 aromatic heterocycles. The highest BCUT2D eigenvalue weighted by atomic mass is 35.5. The van der Waals surface area contributed by atoms with E-state index in [0.717, 1.165) is 18.2 Å². The number of rotatable bonds is 5. The van der Waals surface area contributed by atoms with E-state index in [0.29, 0.717) is 5.02 Å². The molecule has 0 saturated carbocycles. The van der Waals surface area contributed by atoms with Crippen LogP contribution in [0.5, 0.6) is 0 Å². The lowest BCUT2D eigenvalue weighted by Gasteiger charge is -2.17. The number of sulfone groups is 1. The largest absolute Gasteiger partial charge is 0.223 e. The van der Waals surface area contributed by atoms with Crippen LogP contribution in [0.15, 0.2) is 60.0 Å². The Labute approximate surface area is 133 Å². The molecule has 0 heterocycles. The van der Waals surface area contributed by atoms with Crippen LogP contribution in [-0.4, -0.2) is 8.42 Å². The number of halogens is 3. The van der Waals surface area contributed by atoms with Crippen LogP contribution in [0.3, 0.4) is 0 Å². The van der Waals surface area contributed by atoms with Crippen molar-refractivity contribution >= 4 is 21.4 Å². The van der Waals surface area contributed by atoms with Gasteiger partial charge in [0.1, 0.15) is 11.6 Å². The lowest BCUT2D eigenvalue weighted by molar-refractivity contribution is 0.560. The van der Waals surface area contributed by atoms with Gasteiger partial charge in [-0.05, 0) is 48.9 Å². The Morgan fingerprint density at radius 2 is 1.77 bits per heavy atom. The molecule has 116 valence electrons. The van der Waals surface area contributed by atoms with E-state index in [-0.39, 0.29) is 16.9 Å². The van der Waals surface area contributed by atoms with Gasteiger partial charge >= 0.3 is 0 Å². The molecule has 0 amide bonds. The van der Waals surface area contributed by atoms with Crippen molar-refractivity contribution in [3.8, 4) is 0 Å². The van der Waals surface area contributed by atoms with Crippen molar-refractivity contribution in [2.45, 2.75) is 16.6 Å². The molecule has 0 spiro atoms. The fourth-order valence-corrected chi connectivity index (χ4v) is 4.00. The average molecular weight is 343 g/mol. The molecule has 0 radical (unpaired) electrons. The normalized spacial score (nSPS) is 12.9. The molecule has 2 aromatic rings. The van der Waals surface area contributed by atoms with Crippen molar-refractivity contribution in [3.05, 3.63) is 77.3 Å². The van der Waals surface area contributed by atoms with Gasteiger partial charge in [0, 0.05) is 10.6 Å². The summed E-state index contributed by atoms with van der Waals surface area (Å²) in [7, 11) is -3.91. The zero-order valence-corrected chi connectivity index (χ0v) is 13.0. The monoisotopic (exact) mass is 342 g/mol. The van der Waals surface area contributed by atoms with Crippen LogP contribution < -0.4 is 0 Å². The van der Waals surface area contributed by atoms with Crippen molar-refractivity contribution in [1.29, 1.82) is 0 Å². The smallest absolute Gasteiger partial charge is 0.185 e. The second-order valence-electron chi connectivity index (χ2n) is 4.68. The van der Waals surface area contributed by atoms with Gasteiger partial charge in [-0.1, -0.05) is 17.7 Å². The van der Waals surface area contributed by atoms with Gasteiger partial charge in [-0.3, -0.25) is 0 Å². The molecule has 1 atom stereocenters. The number of hydrogen-bond acceptors (Lipinski definition) is 2. The maximum atomic E-state index is 14.0. The van der Waals surface area contributed by atoms with E-state index in [4.69, 9.17) is 11.6 Å². The van der Waals surface area contributed by atoms with Crippen molar-refractivity contribution in [2.75, 3.05) is 0 Å². The Balaban J connectivity index is 2.57. The van der Waals surface area contributed by atoms with Crippen LogP contribution in [0.2, 0.25) is 5.02 Å². The van der Waals surface area contributed by atoms with E-state index >= 15 is 0 Å². The molecular weight excluding hydrogens is 330 g/mol. The van der Waals surface area contributed by atoms with Gasteiger partial charge in [0.15, 0.2) is 9.84 Å². The highest BCUT2D eigenvalue weighted by molar-refractivity contribution is 7.91. The Morgan fingerprint density at radius 3 is 2.36 bits per heavy atom. The third kappa shape index (κ3) is 3.36. The molecule has 2 aromatic carbocycles. The van der Waals surface area contributed by atoms with E-state index in [1.165, 1.54) is 30.3 Å². The van der Waals surface area contributed by atoms with E-state index in [2.05, 4.69) is 6.58 Å². The van der Waals surface area contributed by atoms with Gasteiger partial charge in [0.25, 0.3) is 0 Å². The minimum Gasteiger partial charge on any atom is -0.223 e. The Bertz CT molecular complexity index is 786. The lowest BCUT2D eigenvalue weighted by atomic mass is 10.1. The first-order chi connectivity index (χ1) is 10.4. The molecule has 0 saturated heterocycles. The van der Waals surface area contributed by atoms with E-state index in [1.54, 1.807) is 0 Å². The van der Waals surface area contributed by atoms with Crippen LogP contribution in [0, 0.1) is 11.6 Å². The summed E-state index contributed by atoms with van der Waals surface area (Å²) in [5, 5.41) is -0.863. The zero-order valence-electron chi connectivity index (χ0n) is 11.5. The van der Waals surface area contributed by atoms with Crippen LogP contribution >= 0.6 is 11.6 Å². The minimum atomic E-state index is -3.91. The van der Waals surface area contributed by atoms with E-state index < -0.39 is 26.7 Å². The first kappa shape index (κ1) is 16.6. The summed E-state index contributed by atoms with van der Waals surface area (Å²) >= 11 is 5.74. The quantitative estimate of drug-likeness (QED) is 0.737. The second-order valence-corrected chi connectivity index (χ2v) is 7.24. The second kappa shape index (κ2) is 6.58. The molecule has 0 aliphatic rings. The predicted molar refractivity (Wildman–Crippen MR) is 82.6 cm³/mol. The standard InChI is InChI=1S/C16H13ClF2O2S/c1-2-3-16(14-10-12(18)6-9-15(14)19)22(20,21)13-7-4-11(17)5-8-13/h2,4-10,16H,1,3H2. The summed E-state index contributed by atoms with van der Waals surface area (Å²) < 4.78 is 52.8. The molecule has 2 rings (SSSR count). The molecule has 0 fully saturated rings. The van der Waals surface area contributed by atoms with Gasteiger partial charge < -0.3 is 0 Å². The molecule has 6 heteroatoms. The Hall–Kier alpha value is -1.72. The first-order valence-electron chi connectivity index (χ1n) is 6.41. The van der Waals surface area contributed by atoms with E-state index in [9.17, 15) is 17.2 Å². The van der Waals surface area contributed by atoms with Gasteiger partial charge in [0.2, 0.25) is 0 Å². The maximum absolute atomic E-state index is 14.0. The summed E-state index contributed by atoms with van der Waals surface area (Å²) in [5.74, 6) is -1.47. The average Bonchev–Trinajstić information content (AvgIpc) is 2.48. The molecule has 2 nitrogen and oxygen atoms in total. The molecule has 0 bridgehead atoms. The van der Waals surface area contributed by atoms with Crippen molar-refractivity contribution in [2.24, 2.45) is 0 Å².